The van der Waals surface area contributed by atoms with Gasteiger partial charge in [-0.05, 0) is 49.2 Å². The number of carbonyl (C=O) groups is 1. The van der Waals surface area contributed by atoms with Crippen molar-refractivity contribution >= 4 is 27.5 Å². The summed E-state index contributed by atoms with van der Waals surface area (Å²) < 4.78 is 14.6. The normalized spacial score (nSPS) is 10.3. The zero-order chi connectivity index (χ0) is 14.0. The molecule has 0 saturated carbocycles. The molecule has 0 saturated heterocycles. The van der Waals surface area contributed by atoms with Crippen molar-refractivity contribution in [2.45, 2.75) is 13.8 Å². The van der Waals surface area contributed by atoms with Crippen LogP contribution in [0.1, 0.15) is 21.5 Å². The number of anilines is 1. The van der Waals surface area contributed by atoms with Gasteiger partial charge in [-0.1, -0.05) is 28.1 Å². The number of hydrogen-bond acceptors (Lipinski definition) is 1. The molecule has 2 aromatic rings. The SMILES string of the molecule is Cc1cc(C(=O)Nc2c(C)cccc2F)ccc1Br. The first-order chi connectivity index (χ1) is 8.99. The number of carbonyl (C=O) groups excluding carboxylic acids is 1. The molecule has 2 aromatic carbocycles. The third-order valence-corrected chi connectivity index (χ3v) is 3.77. The Kier molecular flexibility index (Phi) is 4.00. The molecule has 0 unspecified atom stereocenters. The molecule has 0 heterocycles. The average molecular weight is 322 g/mol. The third kappa shape index (κ3) is 3.01. The van der Waals surface area contributed by atoms with Crippen molar-refractivity contribution in [1.82, 2.24) is 0 Å². The van der Waals surface area contributed by atoms with Crippen LogP contribution in [0.5, 0.6) is 0 Å². The largest absolute Gasteiger partial charge is 0.319 e. The Morgan fingerprint density at radius 2 is 1.89 bits per heavy atom. The summed E-state index contributed by atoms with van der Waals surface area (Å²) in [6.45, 7) is 3.65. The van der Waals surface area contributed by atoms with Crippen LogP contribution in [0.4, 0.5) is 10.1 Å². The minimum Gasteiger partial charge on any atom is -0.319 e. The van der Waals surface area contributed by atoms with Gasteiger partial charge in [0.25, 0.3) is 5.91 Å². The summed E-state index contributed by atoms with van der Waals surface area (Å²) in [4.78, 5) is 12.1. The molecule has 2 nitrogen and oxygen atoms in total. The van der Waals surface area contributed by atoms with Crippen LogP contribution in [0.15, 0.2) is 40.9 Å². The summed E-state index contributed by atoms with van der Waals surface area (Å²) in [5.41, 5.74) is 2.39. The Balaban J connectivity index is 2.28. The zero-order valence-electron chi connectivity index (χ0n) is 10.6. The molecule has 0 fully saturated rings. The van der Waals surface area contributed by atoms with Crippen LogP contribution in [0.2, 0.25) is 0 Å². The van der Waals surface area contributed by atoms with Gasteiger partial charge in [-0.25, -0.2) is 4.39 Å². The summed E-state index contributed by atoms with van der Waals surface area (Å²) in [7, 11) is 0. The summed E-state index contributed by atoms with van der Waals surface area (Å²) >= 11 is 3.38. The van der Waals surface area contributed by atoms with Gasteiger partial charge in [0.1, 0.15) is 5.82 Å². The topological polar surface area (TPSA) is 29.1 Å². The highest BCUT2D eigenvalue weighted by molar-refractivity contribution is 9.10. The zero-order valence-corrected chi connectivity index (χ0v) is 12.2. The molecule has 0 radical (unpaired) electrons. The Morgan fingerprint density at radius 3 is 2.53 bits per heavy atom. The van der Waals surface area contributed by atoms with Crippen LogP contribution in [0.25, 0.3) is 0 Å². The van der Waals surface area contributed by atoms with Gasteiger partial charge in [-0.2, -0.15) is 0 Å². The molecule has 0 aromatic heterocycles. The summed E-state index contributed by atoms with van der Waals surface area (Å²) in [6, 6.07) is 9.96. The Labute approximate surface area is 119 Å². The monoisotopic (exact) mass is 321 g/mol. The maximum Gasteiger partial charge on any atom is 0.255 e. The molecule has 0 bridgehead atoms. The van der Waals surface area contributed by atoms with Crippen molar-refractivity contribution in [3.8, 4) is 0 Å². The van der Waals surface area contributed by atoms with E-state index in [1.54, 1.807) is 37.3 Å². The summed E-state index contributed by atoms with van der Waals surface area (Å²) in [5, 5.41) is 2.61. The van der Waals surface area contributed by atoms with E-state index in [2.05, 4.69) is 21.2 Å². The first-order valence-corrected chi connectivity index (χ1v) is 6.61. The van der Waals surface area contributed by atoms with E-state index in [4.69, 9.17) is 0 Å². The standard InChI is InChI=1S/C15H13BrFNO/c1-9-4-3-5-13(17)14(9)18-15(19)11-6-7-12(16)10(2)8-11/h3-8H,1-2H3,(H,18,19). The van der Waals surface area contributed by atoms with E-state index in [1.165, 1.54) is 6.07 Å². The van der Waals surface area contributed by atoms with Gasteiger partial charge >= 0.3 is 0 Å². The number of hydrogen-bond donors (Lipinski definition) is 1. The van der Waals surface area contributed by atoms with Crippen LogP contribution in [-0.2, 0) is 0 Å². The van der Waals surface area contributed by atoms with Crippen LogP contribution in [-0.4, -0.2) is 5.91 Å². The second-order valence-corrected chi connectivity index (χ2v) is 5.20. The highest BCUT2D eigenvalue weighted by Crippen LogP contribution is 2.21. The van der Waals surface area contributed by atoms with Crippen molar-refractivity contribution < 1.29 is 9.18 Å². The molecule has 2 rings (SSSR count). The van der Waals surface area contributed by atoms with Crippen molar-refractivity contribution in [3.63, 3.8) is 0 Å². The molecule has 0 aliphatic heterocycles. The second-order valence-electron chi connectivity index (χ2n) is 4.35. The highest BCUT2D eigenvalue weighted by Gasteiger charge is 2.11. The van der Waals surface area contributed by atoms with Gasteiger partial charge in [0.2, 0.25) is 0 Å². The average Bonchev–Trinajstić information content (AvgIpc) is 2.37. The minimum absolute atomic E-state index is 0.230. The number of rotatable bonds is 2. The van der Waals surface area contributed by atoms with E-state index < -0.39 is 5.82 Å². The van der Waals surface area contributed by atoms with E-state index in [-0.39, 0.29) is 11.6 Å². The van der Waals surface area contributed by atoms with E-state index in [0.29, 0.717) is 11.1 Å². The van der Waals surface area contributed by atoms with Crippen LogP contribution in [0, 0.1) is 19.7 Å². The number of para-hydroxylation sites is 1. The minimum atomic E-state index is -0.429. The predicted molar refractivity (Wildman–Crippen MR) is 78.0 cm³/mol. The fourth-order valence-electron chi connectivity index (χ4n) is 1.76. The highest BCUT2D eigenvalue weighted by atomic mass is 79.9. The number of benzene rings is 2. The second kappa shape index (κ2) is 5.53. The molecule has 1 amide bonds. The van der Waals surface area contributed by atoms with Crippen molar-refractivity contribution in [2.24, 2.45) is 0 Å². The fraction of sp³-hybridized carbons (Fsp3) is 0.133. The van der Waals surface area contributed by atoms with Crippen LogP contribution in [0.3, 0.4) is 0 Å². The Hall–Kier alpha value is -1.68. The molecule has 0 aliphatic carbocycles. The maximum atomic E-state index is 13.6. The lowest BCUT2D eigenvalue weighted by Crippen LogP contribution is -2.14. The predicted octanol–water partition coefficient (Wildman–Crippen LogP) is 4.46. The molecule has 1 N–H and O–H groups in total. The lowest BCUT2D eigenvalue weighted by molar-refractivity contribution is 0.102. The Bertz CT molecular complexity index is 620. The van der Waals surface area contributed by atoms with Gasteiger partial charge in [0.15, 0.2) is 0 Å². The van der Waals surface area contributed by atoms with Crippen molar-refractivity contribution in [2.75, 3.05) is 5.32 Å². The molecule has 98 valence electrons. The van der Waals surface area contributed by atoms with E-state index in [9.17, 15) is 9.18 Å². The lowest BCUT2D eigenvalue weighted by Gasteiger charge is -2.10. The number of halogens is 2. The Morgan fingerprint density at radius 1 is 1.16 bits per heavy atom. The van der Waals surface area contributed by atoms with Gasteiger partial charge in [-0.3, -0.25) is 4.79 Å². The smallest absolute Gasteiger partial charge is 0.255 e. The van der Waals surface area contributed by atoms with Crippen molar-refractivity contribution in [1.29, 1.82) is 0 Å². The molecule has 0 atom stereocenters. The molecule has 19 heavy (non-hydrogen) atoms. The molecular weight excluding hydrogens is 309 g/mol. The van der Waals surface area contributed by atoms with Crippen LogP contribution < -0.4 is 5.32 Å². The quantitative estimate of drug-likeness (QED) is 0.869. The van der Waals surface area contributed by atoms with E-state index >= 15 is 0 Å². The van der Waals surface area contributed by atoms with Crippen LogP contribution >= 0.6 is 15.9 Å². The van der Waals surface area contributed by atoms with Gasteiger partial charge in [0, 0.05) is 10.0 Å². The maximum absolute atomic E-state index is 13.6. The molecule has 0 aliphatic rings. The number of amides is 1. The summed E-state index contributed by atoms with van der Waals surface area (Å²) in [6.07, 6.45) is 0. The third-order valence-electron chi connectivity index (χ3n) is 2.88. The first-order valence-electron chi connectivity index (χ1n) is 5.81. The van der Waals surface area contributed by atoms with Gasteiger partial charge in [-0.15, -0.1) is 0 Å². The van der Waals surface area contributed by atoms with Gasteiger partial charge in [0.05, 0.1) is 5.69 Å². The van der Waals surface area contributed by atoms with E-state index in [0.717, 1.165) is 10.0 Å². The summed E-state index contributed by atoms with van der Waals surface area (Å²) in [5.74, 6) is -0.744. The first kappa shape index (κ1) is 13.7. The van der Waals surface area contributed by atoms with E-state index in [1.807, 2.05) is 6.92 Å². The molecule has 4 heteroatoms. The number of nitrogens with one attached hydrogen (secondary N) is 1. The molecule has 0 spiro atoms. The fourth-order valence-corrected chi connectivity index (χ4v) is 2.01. The van der Waals surface area contributed by atoms with Gasteiger partial charge < -0.3 is 5.32 Å². The number of aryl methyl sites for hydroxylation is 2. The molecular formula is C15H13BrFNO. The van der Waals surface area contributed by atoms with Crippen molar-refractivity contribution in [3.05, 3.63) is 63.4 Å². The lowest BCUT2D eigenvalue weighted by atomic mass is 10.1.